The van der Waals surface area contributed by atoms with Gasteiger partial charge in [0.05, 0.1) is 17.2 Å². The lowest BCUT2D eigenvalue weighted by Crippen LogP contribution is -2.29. The first-order chi connectivity index (χ1) is 10.1. The third-order valence-corrected chi connectivity index (χ3v) is 4.23. The Morgan fingerprint density at radius 3 is 2.33 bits per heavy atom. The second-order valence-electron chi connectivity index (χ2n) is 4.99. The van der Waals surface area contributed by atoms with E-state index in [4.69, 9.17) is 27.9 Å². The van der Waals surface area contributed by atoms with Crippen molar-refractivity contribution >= 4 is 23.2 Å². The standard InChI is InChI=1S/C17H19Cl2NO/c1-20-14(8-12-4-3-5-15(10-12)21-2)9-13-6-7-16(18)17(19)11-13/h3-7,10-11,14,20H,8-9H2,1-2H3. The molecule has 2 nitrogen and oxygen atoms in total. The zero-order chi connectivity index (χ0) is 15.2. The fourth-order valence-electron chi connectivity index (χ4n) is 2.31. The van der Waals surface area contributed by atoms with Crippen molar-refractivity contribution in [2.24, 2.45) is 0 Å². The lowest BCUT2D eigenvalue weighted by Gasteiger charge is -2.17. The van der Waals surface area contributed by atoms with Crippen molar-refractivity contribution in [2.75, 3.05) is 14.2 Å². The van der Waals surface area contributed by atoms with Crippen molar-refractivity contribution in [1.29, 1.82) is 0 Å². The van der Waals surface area contributed by atoms with Gasteiger partial charge in [-0.05, 0) is 55.3 Å². The number of likely N-dealkylation sites (N-methyl/N-ethyl adjacent to an activating group) is 1. The normalized spacial score (nSPS) is 12.2. The first kappa shape index (κ1) is 16.2. The lowest BCUT2D eigenvalue weighted by atomic mass is 9.99. The summed E-state index contributed by atoms with van der Waals surface area (Å²) in [5.41, 5.74) is 2.42. The van der Waals surface area contributed by atoms with Crippen molar-refractivity contribution in [1.82, 2.24) is 5.32 Å². The maximum absolute atomic E-state index is 6.07. The fourth-order valence-corrected chi connectivity index (χ4v) is 2.63. The summed E-state index contributed by atoms with van der Waals surface area (Å²) in [6.07, 6.45) is 1.82. The number of hydrogen-bond acceptors (Lipinski definition) is 2. The molecule has 0 aliphatic rings. The summed E-state index contributed by atoms with van der Waals surface area (Å²) in [6.45, 7) is 0. The highest BCUT2D eigenvalue weighted by molar-refractivity contribution is 6.42. The molecule has 0 spiro atoms. The van der Waals surface area contributed by atoms with Crippen LogP contribution in [0.4, 0.5) is 0 Å². The van der Waals surface area contributed by atoms with Gasteiger partial charge in [-0.15, -0.1) is 0 Å². The third kappa shape index (κ3) is 4.63. The van der Waals surface area contributed by atoms with Crippen molar-refractivity contribution in [3.05, 3.63) is 63.6 Å². The molecule has 112 valence electrons. The Labute approximate surface area is 136 Å². The molecular formula is C17H19Cl2NO. The fraction of sp³-hybridized carbons (Fsp3) is 0.294. The Bertz CT molecular complexity index is 601. The minimum Gasteiger partial charge on any atom is -0.497 e. The van der Waals surface area contributed by atoms with Crippen molar-refractivity contribution in [3.63, 3.8) is 0 Å². The van der Waals surface area contributed by atoms with Gasteiger partial charge in [0, 0.05) is 6.04 Å². The molecule has 2 rings (SSSR count). The van der Waals surface area contributed by atoms with Gasteiger partial charge in [-0.3, -0.25) is 0 Å². The molecule has 1 N–H and O–H groups in total. The van der Waals surface area contributed by atoms with Crippen LogP contribution in [0.15, 0.2) is 42.5 Å². The molecule has 0 saturated heterocycles. The molecule has 1 unspecified atom stereocenters. The van der Waals surface area contributed by atoms with Gasteiger partial charge in [0.15, 0.2) is 0 Å². The molecule has 0 aromatic heterocycles. The quantitative estimate of drug-likeness (QED) is 0.852. The van der Waals surface area contributed by atoms with E-state index in [0.717, 1.165) is 18.6 Å². The van der Waals surface area contributed by atoms with Crippen LogP contribution >= 0.6 is 23.2 Å². The number of methoxy groups -OCH3 is 1. The summed E-state index contributed by atoms with van der Waals surface area (Å²) >= 11 is 12.0. The summed E-state index contributed by atoms with van der Waals surface area (Å²) in [7, 11) is 3.66. The molecule has 2 aromatic rings. The molecule has 0 fully saturated rings. The number of nitrogens with one attached hydrogen (secondary N) is 1. The molecular weight excluding hydrogens is 305 g/mol. The number of ether oxygens (including phenoxy) is 1. The molecule has 0 bridgehead atoms. The predicted octanol–water partition coefficient (Wildman–Crippen LogP) is 4.38. The van der Waals surface area contributed by atoms with Gasteiger partial charge < -0.3 is 10.1 Å². The van der Waals surface area contributed by atoms with E-state index in [9.17, 15) is 0 Å². The Kier molecular flexibility index (Phi) is 5.92. The first-order valence-electron chi connectivity index (χ1n) is 6.86. The van der Waals surface area contributed by atoms with E-state index in [1.54, 1.807) is 7.11 Å². The van der Waals surface area contributed by atoms with E-state index in [-0.39, 0.29) is 0 Å². The zero-order valence-electron chi connectivity index (χ0n) is 12.2. The Morgan fingerprint density at radius 2 is 1.71 bits per heavy atom. The lowest BCUT2D eigenvalue weighted by molar-refractivity contribution is 0.414. The van der Waals surface area contributed by atoms with Gasteiger partial charge in [0.2, 0.25) is 0 Å². The summed E-state index contributed by atoms with van der Waals surface area (Å²) in [4.78, 5) is 0. The van der Waals surface area contributed by atoms with Crippen LogP contribution in [0.25, 0.3) is 0 Å². The van der Waals surface area contributed by atoms with Crippen molar-refractivity contribution in [2.45, 2.75) is 18.9 Å². The highest BCUT2D eigenvalue weighted by Crippen LogP contribution is 2.23. The van der Waals surface area contributed by atoms with E-state index in [2.05, 4.69) is 17.4 Å². The Balaban J connectivity index is 2.07. The first-order valence-corrected chi connectivity index (χ1v) is 7.62. The monoisotopic (exact) mass is 323 g/mol. The van der Waals surface area contributed by atoms with Crippen LogP contribution in [0.1, 0.15) is 11.1 Å². The summed E-state index contributed by atoms with van der Waals surface area (Å²) in [5.74, 6) is 0.886. The largest absolute Gasteiger partial charge is 0.497 e. The van der Waals surface area contributed by atoms with Crippen LogP contribution in [-0.4, -0.2) is 20.2 Å². The average Bonchev–Trinajstić information content (AvgIpc) is 2.50. The van der Waals surface area contributed by atoms with Crippen LogP contribution in [0, 0.1) is 0 Å². The van der Waals surface area contributed by atoms with Gasteiger partial charge in [0.25, 0.3) is 0 Å². The van der Waals surface area contributed by atoms with Gasteiger partial charge in [0.1, 0.15) is 5.75 Å². The van der Waals surface area contributed by atoms with E-state index < -0.39 is 0 Å². The van der Waals surface area contributed by atoms with E-state index in [0.29, 0.717) is 16.1 Å². The SMILES string of the molecule is CNC(Cc1cccc(OC)c1)Cc1ccc(Cl)c(Cl)c1. The smallest absolute Gasteiger partial charge is 0.119 e. The van der Waals surface area contributed by atoms with E-state index in [1.807, 2.05) is 37.4 Å². The van der Waals surface area contributed by atoms with Crippen LogP contribution in [0.5, 0.6) is 5.75 Å². The van der Waals surface area contributed by atoms with Crippen LogP contribution in [-0.2, 0) is 12.8 Å². The molecule has 21 heavy (non-hydrogen) atoms. The predicted molar refractivity (Wildman–Crippen MR) is 89.7 cm³/mol. The minimum atomic E-state index is 0.328. The molecule has 0 saturated carbocycles. The third-order valence-electron chi connectivity index (χ3n) is 3.49. The minimum absolute atomic E-state index is 0.328. The molecule has 4 heteroatoms. The van der Waals surface area contributed by atoms with Gasteiger partial charge in [-0.25, -0.2) is 0 Å². The maximum Gasteiger partial charge on any atom is 0.119 e. The topological polar surface area (TPSA) is 21.3 Å². The number of halogens is 2. The maximum atomic E-state index is 6.07. The number of rotatable bonds is 6. The highest BCUT2D eigenvalue weighted by Gasteiger charge is 2.10. The number of hydrogen-bond donors (Lipinski definition) is 1. The zero-order valence-corrected chi connectivity index (χ0v) is 13.7. The van der Waals surface area contributed by atoms with Gasteiger partial charge >= 0.3 is 0 Å². The molecule has 0 aliphatic heterocycles. The van der Waals surface area contributed by atoms with E-state index in [1.165, 1.54) is 11.1 Å². The Morgan fingerprint density at radius 1 is 1.00 bits per heavy atom. The molecule has 0 amide bonds. The molecule has 1 atom stereocenters. The molecule has 0 aliphatic carbocycles. The second-order valence-corrected chi connectivity index (χ2v) is 5.81. The summed E-state index contributed by atoms with van der Waals surface area (Å²) < 4.78 is 5.26. The van der Waals surface area contributed by atoms with Crippen molar-refractivity contribution < 1.29 is 4.74 Å². The van der Waals surface area contributed by atoms with Gasteiger partial charge in [-0.2, -0.15) is 0 Å². The van der Waals surface area contributed by atoms with Crippen LogP contribution in [0.3, 0.4) is 0 Å². The molecule has 2 aromatic carbocycles. The van der Waals surface area contributed by atoms with Gasteiger partial charge in [-0.1, -0.05) is 41.4 Å². The van der Waals surface area contributed by atoms with Crippen molar-refractivity contribution in [3.8, 4) is 5.75 Å². The van der Waals surface area contributed by atoms with Crippen LogP contribution < -0.4 is 10.1 Å². The average molecular weight is 324 g/mol. The van der Waals surface area contributed by atoms with E-state index >= 15 is 0 Å². The Hall–Kier alpha value is -1.22. The molecule has 0 radical (unpaired) electrons. The summed E-state index contributed by atoms with van der Waals surface area (Å²) in [6, 6.07) is 14.3. The highest BCUT2D eigenvalue weighted by atomic mass is 35.5. The van der Waals surface area contributed by atoms with Crippen LogP contribution in [0.2, 0.25) is 10.0 Å². The number of benzene rings is 2. The summed E-state index contributed by atoms with van der Waals surface area (Å²) in [5, 5.41) is 4.55. The second kappa shape index (κ2) is 7.69. The molecule has 0 heterocycles.